The summed E-state index contributed by atoms with van der Waals surface area (Å²) in [6, 6.07) is 7.86. The van der Waals surface area contributed by atoms with Gasteiger partial charge < -0.3 is 15.6 Å². The Kier molecular flexibility index (Phi) is 10.3. The van der Waals surface area contributed by atoms with Crippen LogP contribution in [-0.4, -0.2) is 17.8 Å². The number of halogens is 4. The molecule has 0 heterocycles. The van der Waals surface area contributed by atoms with E-state index in [-0.39, 0.29) is 6.15 Å². The fraction of sp³-hybridized carbons (Fsp3) is 0.133. The topological polar surface area (TPSA) is 89.6 Å². The standard InChI is InChI=1S/C14H11I4NO2.CO2/c15-9-5-8(6-10(16)13(9)20)21-14-11(17)3-7(1-2-19)4-12(14)18;2-1-3/h3-6,20H,1-2,19H2;. The van der Waals surface area contributed by atoms with E-state index in [1.165, 1.54) is 5.56 Å². The molecule has 0 atom stereocenters. The summed E-state index contributed by atoms with van der Waals surface area (Å²) in [6.45, 7) is 0.640. The van der Waals surface area contributed by atoms with Gasteiger partial charge in [0.25, 0.3) is 0 Å². The van der Waals surface area contributed by atoms with Gasteiger partial charge in [-0.2, -0.15) is 9.59 Å². The third kappa shape index (κ3) is 6.55. The molecule has 0 aliphatic heterocycles. The van der Waals surface area contributed by atoms with Crippen LogP contribution >= 0.6 is 90.4 Å². The van der Waals surface area contributed by atoms with Gasteiger partial charge in [-0.1, -0.05) is 0 Å². The molecule has 5 nitrogen and oxygen atoms in total. The van der Waals surface area contributed by atoms with Crippen LogP contribution in [0.1, 0.15) is 5.56 Å². The molecular formula is C15H11I4NO4. The number of benzene rings is 2. The van der Waals surface area contributed by atoms with Gasteiger partial charge in [0.1, 0.15) is 11.5 Å². The van der Waals surface area contributed by atoms with E-state index >= 15 is 0 Å². The summed E-state index contributed by atoms with van der Waals surface area (Å²) in [4.78, 5) is 16.2. The summed E-state index contributed by atoms with van der Waals surface area (Å²) in [5, 5.41) is 9.82. The van der Waals surface area contributed by atoms with Crippen LogP contribution in [0.15, 0.2) is 24.3 Å². The highest BCUT2D eigenvalue weighted by Gasteiger charge is 2.12. The Labute approximate surface area is 193 Å². The highest BCUT2D eigenvalue weighted by atomic mass is 127. The molecule has 0 amide bonds. The predicted molar refractivity (Wildman–Crippen MR) is 123 cm³/mol. The molecule has 9 heteroatoms. The third-order valence-corrected chi connectivity index (χ3v) is 5.95. The van der Waals surface area contributed by atoms with Crippen LogP contribution in [0, 0.1) is 14.3 Å². The van der Waals surface area contributed by atoms with Gasteiger partial charge >= 0.3 is 6.15 Å². The second kappa shape index (κ2) is 11.1. The van der Waals surface area contributed by atoms with Gasteiger partial charge in [-0.15, -0.1) is 0 Å². The molecule has 3 N–H and O–H groups in total. The van der Waals surface area contributed by atoms with Gasteiger partial charge in [0.2, 0.25) is 0 Å². The van der Waals surface area contributed by atoms with Crippen molar-refractivity contribution in [2.24, 2.45) is 5.73 Å². The lowest BCUT2D eigenvalue weighted by Gasteiger charge is -2.13. The maximum absolute atomic E-state index is 9.82. The lowest BCUT2D eigenvalue weighted by atomic mass is 10.1. The maximum Gasteiger partial charge on any atom is 0.373 e. The number of ether oxygens (including phenoxy) is 1. The number of phenols is 1. The first-order chi connectivity index (χ1) is 11.3. The van der Waals surface area contributed by atoms with Crippen LogP contribution in [0.4, 0.5) is 0 Å². The van der Waals surface area contributed by atoms with Crippen molar-refractivity contribution < 1.29 is 19.4 Å². The molecule has 0 aliphatic rings. The summed E-state index contributed by atoms with van der Waals surface area (Å²) < 4.78 is 9.69. The Bertz CT molecular complexity index is 715. The van der Waals surface area contributed by atoms with Gasteiger partial charge in [-0.3, -0.25) is 0 Å². The molecule has 0 saturated carbocycles. The molecule has 2 aromatic carbocycles. The number of phenolic OH excluding ortho intramolecular Hbond substituents is 1. The molecule has 0 saturated heterocycles. The highest BCUT2D eigenvalue weighted by molar-refractivity contribution is 14.1. The van der Waals surface area contributed by atoms with E-state index in [0.717, 1.165) is 32.2 Å². The van der Waals surface area contributed by atoms with E-state index in [0.29, 0.717) is 12.3 Å². The molecule has 24 heavy (non-hydrogen) atoms. The van der Waals surface area contributed by atoms with Gasteiger partial charge in [-0.05, 0) is 133 Å². The summed E-state index contributed by atoms with van der Waals surface area (Å²) in [7, 11) is 0. The average molecular weight is 777 g/mol. The number of hydrogen-bond donors (Lipinski definition) is 2. The first-order valence-electron chi connectivity index (χ1n) is 6.37. The molecule has 0 aromatic heterocycles. The Morgan fingerprint density at radius 1 is 0.958 bits per heavy atom. The van der Waals surface area contributed by atoms with Gasteiger partial charge in [0.05, 0.1) is 14.3 Å². The number of aromatic hydroxyl groups is 1. The van der Waals surface area contributed by atoms with E-state index < -0.39 is 0 Å². The number of carbonyl (C=O) groups excluding carboxylic acids is 2. The molecule has 0 aliphatic carbocycles. The smallest absolute Gasteiger partial charge is 0.373 e. The summed E-state index contributed by atoms with van der Waals surface area (Å²) in [6.07, 6.45) is 1.11. The first-order valence-corrected chi connectivity index (χ1v) is 10.7. The van der Waals surface area contributed by atoms with Crippen LogP contribution in [0.25, 0.3) is 0 Å². The van der Waals surface area contributed by atoms with Gasteiger partial charge in [0, 0.05) is 0 Å². The molecule has 2 rings (SSSR count). The van der Waals surface area contributed by atoms with E-state index in [1.807, 2.05) is 12.1 Å². The number of nitrogens with two attached hydrogens (primary N) is 1. The van der Waals surface area contributed by atoms with Crippen LogP contribution in [0.2, 0.25) is 0 Å². The first kappa shape index (κ1) is 22.3. The van der Waals surface area contributed by atoms with Crippen molar-refractivity contribution in [2.75, 3.05) is 6.54 Å². The number of rotatable bonds is 4. The number of hydrogen-bond acceptors (Lipinski definition) is 5. The van der Waals surface area contributed by atoms with Crippen LogP contribution < -0.4 is 10.5 Å². The predicted octanol–water partition coefficient (Wildman–Crippen LogP) is 4.52. The second-order valence-electron chi connectivity index (χ2n) is 4.35. The average Bonchev–Trinajstić information content (AvgIpc) is 2.49. The molecule has 2 aromatic rings. The van der Waals surface area contributed by atoms with E-state index in [1.54, 1.807) is 0 Å². The molecule has 0 unspecified atom stereocenters. The van der Waals surface area contributed by atoms with Crippen molar-refractivity contribution in [1.29, 1.82) is 0 Å². The fourth-order valence-corrected chi connectivity index (χ4v) is 5.57. The summed E-state index contributed by atoms with van der Waals surface area (Å²) in [5.41, 5.74) is 6.82. The zero-order valence-corrected chi connectivity index (χ0v) is 20.6. The van der Waals surface area contributed by atoms with Crippen molar-refractivity contribution in [2.45, 2.75) is 6.42 Å². The molecule has 0 fully saturated rings. The molecule has 0 bridgehead atoms. The minimum atomic E-state index is 0.250. The quantitative estimate of drug-likeness (QED) is 0.447. The van der Waals surface area contributed by atoms with Gasteiger partial charge in [-0.25, -0.2) is 0 Å². The normalized spacial score (nSPS) is 9.71. The SMILES string of the molecule is NCCc1cc(I)c(Oc2cc(I)c(O)c(I)c2)c(I)c1.O=C=O. The molecule has 0 spiro atoms. The molecular weight excluding hydrogens is 766 g/mol. The fourth-order valence-electron chi connectivity index (χ4n) is 1.74. The zero-order valence-electron chi connectivity index (χ0n) is 12.0. The molecule has 0 radical (unpaired) electrons. The largest absolute Gasteiger partial charge is 0.506 e. The van der Waals surface area contributed by atoms with Crippen LogP contribution in [-0.2, 0) is 16.0 Å². The van der Waals surface area contributed by atoms with Gasteiger partial charge in [0.15, 0.2) is 5.75 Å². The minimum absolute atomic E-state index is 0.250. The van der Waals surface area contributed by atoms with E-state index in [2.05, 4.69) is 102 Å². The second-order valence-corrected chi connectivity index (χ2v) is 9.00. The Morgan fingerprint density at radius 2 is 1.42 bits per heavy atom. The van der Waals surface area contributed by atoms with Crippen LogP contribution in [0.5, 0.6) is 17.2 Å². The van der Waals surface area contributed by atoms with E-state index in [9.17, 15) is 5.11 Å². The lowest BCUT2D eigenvalue weighted by molar-refractivity contribution is -0.191. The van der Waals surface area contributed by atoms with Crippen molar-refractivity contribution in [1.82, 2.24) is 0 Å². The summed E-state index contributed by atoms with van der Waals surface area (Å²) in [5.74, 6) is 1.87. The summed E-state index contributed by atoms with van der Waals surface area (Å²) >= 11 is 8.76. The minimum Gasteiger partial charge on any atom is -0.506 e. The Morgan fingerprint density at radius 3 is 1.83 bits per heavy atom. The lowest BCUT2D eigenvalue weighted by Crippen LogP contribution is -2.04. The van der Waals surface area contributed by atoms with Crippen molar-refractivity contribution in [3.05, 3.63) is 44.1 Å². The monoisotopic (exact) mass is 777 g/mol. The van der Waals surface area contributed by atoms with Crippen molar-refractivity contribution >= 4 is 96.5 Å². The van der Waals surface area contributed by atoms with E-state index in [4.69, 9.17) is 20.1 Å². The van der Waals surface area contributed by atoms with Crippen LogP contribution in [0.3, 0.4) is 0 Å². The Balaban J connectivity index is 0.000000891. The molecule has 128 valence electrons. The van der Waals surface area contributed by atoms with Crippen molar-refractivity contribution in [3.8, 4) is 17.2 Å². The van der Waals surface area contributed by atoms with Crippen molar-refractivity contribution in [3.63, 3.8) is 0 Å². The Hall–Kier alpha value is 0.300. The highest BCUT2D eigenvalue weighted by Crippen LogP contribution is 2.36. The zero-order chi connectivity index (χ0) is 18.3. The third-order valence-electron chi connectivity index (χ3n) is 2.70. The maximum atomic E-state index is 9.82.